The second-order valence-corrected chi connectivity index (χ2v) is 7.84. The predicted molar refractivity (Wildman–Crippen MR) is 87.5 cm³/mol. The van der Waals surface area contributed by atoms with Crippen LogP contribution in [0.25, 0.3) is 0 Å². The molecule has 1 N–H and O–H groups in total. The second kappa shape index (κ2) is 7.94. The smallest absolute Gasteiger partial charge is 0.0806 e. The van der Waals surface area contributed by atoms with Crippen LogP contribution >= 0.6 is 0 Å². The van der Waals surface area contributed by atoms with Gasteiger partial charge >= 0.3 is 0 Å². The quantitative estimate of drug-likeness (QED) is 0.778. The first-order chi connectivity index (χ1) is 10.0. The summed E-state index contributed by atoms with van der Waals surface area (Å²) in [6, 6.07) is 0.531. The van der Waals surface area contributed by atoms with Crippen LogP contribution in [0.5, 0.6) is 0 Å². The molecule has 1 heterocycles. The van der Waals surface area contributed by atoms with E-state index in [0.717, 1.165) is 38.2 Å². The number of nitrogens with one attached hydrogen (secondary N) is 1. The van der Waals surface area contributed by atoms with Crippen LogP contribution in [0.3, 0.4) is 0 Å². The Labute approximate surface area is 131 Å². The number of hydrogen-bond donors (Lipinski definition) is 1. The molecule has 1 saturated carbocycles. The molecule has 2 rings (SSSR count). The van der Waals surface area contributed by atoms with Gasteiger partial charge in [-0.15, -0.1) is 0 Å². The Kier molecular flexibility index (Phi) is 6.51. The molecule has 2 fully saturated rings. The molecule has 1 unspecified atom stereocenters. The highest BCUT2D eigenvalue weighted by Crippen LogP contribution is 2.38. The molecule has 21 heavy (non-hydrogen) atoms. The van der Waals surface area contributed by atoms with Crippen molar-refractivity contribution in [3.05, 3.63) is 0 Å². The molecule has 0 aromatic carbocycles. The summed E-state index contributed by atoms with van der Waals surface area (Å²) in [5.41, 5.74) is 0.0677. The van der Waals surface area contributed by atoms with E-state index in [2.05, 4.69) is 33.0 Å². The first-order valence-corrected chi connectivity index (χ1v) is 8.96. The lowest BCUT2D eigenvalue weighted by Gasteiger charge is -2.42. The molecule has 0 bridgehead atoms. The maximum absolute atomic E-state index is 6.49. The van der Waals surface area contributed by atoms with Crippen molar-refractivity contribution in [3.63, 3.8) is 0 Å². The molecule has 1 saturated heterocycles. The normalized spacial score (nSPS) is 34.0. The third-order valence-corrected chi connectivity index (χ3v) is 5.37. The number of rotatable bonds is 7. The van der Waals surface area contributed by atoms with Gasteiger partial charge in [-0.1, -0.05) is 27.7 Å². The third-order valence-electron chi connectivity index (χ3n) is 5.37. The van der Waals surface area contributed by atoms with Gasteiger partial charge in [0.1, 0.15) is 0 Å². The van der Waals surface area contributed by atoms with Gasteiger partial charge in [-0.25, -0.2) is 0 Å². The van der Waals surface area contributed by atoms with Crippen LogP contribution in [-0.2, 0) is 9.47 Å². The minimum Gasteiger partial charge on any atom is -0.381 e. The second-order valence-electron chi connectivity index (χ2n) is 7.84. The lowest BCUT2D eigenvalue weighted by atomic mass is 9.74. The summed E-state index contributed by atoms with van der Waals surface area (Å²) in [4.78, 5) is 0. The van der Waals surface area contributed by atoms with E-state index in [0.29, 0.717) is 12.0 Å². The summed E-state index contributed by atoms with van der Waals surface area (Å²) in [6.45, 7) is 12.9. The van der Waals surface area contributed by atoms with Crippen LogP contribution < -0.4 is 5.32 Å². The Morgan fingerprint density at radius 2 is 1.86 bits per heavy atom. The molecule has 0 radical (unpaired) electrons. The molecule has 3 heteroatoms. The van der Waals surface area contributed by atoms with Gasteiger partial charge < -0.3 is 14.8 Å². The molecule has 0 aromatic heterocycles. The van der Waals surface area contributed by atoms with Crippen molar-refractivity contribution >= 4 is 0 Å². The fourth-order valence-electron chi connectivity index (χ4n) is 3.60. The first kappa shape index (κ1) is 17.2. The van der Waals surface area contributed by atoms with Gasteiger partial charge in [0.15, 0.2) is 0 Å². The zero-order chi connectivity index (χ0) is 15.3. The monoisotopic (exact) mass is 297 g/mol. The van der Waals surface area contributed by atoms with Gasteiger partial charge in [-0.05, 0) is 43.9 Å². The van der Waals surface area contributed by atoms with Crippen molar-refractivity contribution in [1.82, 2.24) is 5.32 Å². The van der Waals surface area contributed by atoms with Gasteiger partial charge in [0, 0.05) is 25.1 Å². The predicted octanol–water partition coefficient (Wildman–Crippen LogP) is 3.62. The standard InChI is InChI=1S/C18H35NO2/c1-14(2)17-5-8-18(9-6-17,13-19-15(3)4)21-12-16-7-10-20-11-16/h14-17,19H,5-13H2,1-4H3. The van der Waals surface area contributed by atoms with Crippen LogP contribution in [0, 0.1) is 17.8 Å². The van der Waals surface area contributed by atoms with Crippen molar-refractivity contribution < 1.29 is 9.47 Å². The molecule has 2 aliphatic rings. The van der Waals surface area contributed by atoms with Crippen molar-refractivity contribution in [2.75, 3.05) is 26.4 Å². The molecule has 1 aliphatic heterocycles. The Balaban J connectivity index is 1.87. The molecule has 124 valence electrons. The molecule has 1 aliphatic carbocycles. The van der Waals surface area contributed by atoms with Crippen LogP contribution in [0.15, 0.2) is 0 Å². The molecule has 0 amide bonds. The van der Waals surface area contributed by atoms with Crippen LogP contribution in [0.4, 0.5) is 0 Å². The maximum atomic E-state index is 6.49. The highest BCUT2D eigenvalue weighted by Gasteiger charge is 2.37. The van der Waals surface area contributed by atoms with E-state index >= 15 is 0 Å². The largest absolute Gasteiger partial charge is 0.381 e. The van der Waals surface area contributed by atoms with Gasteiger partial charge in [-0.3, -0.25) is 0 Å². The topological polar surface area (TPSA) is 30.5 Å². The molecular formula is C18H35NO2. The Morgan fingerprint density at radius 1 is 1.14 bits per heavy atom. The first-order valence-electron chi connectivity index (χ1n) is 8.96. The van der Waals surface area contributed by atoms with E-state index in [1.54, 1.807) is 0 Å². The summed E-state index contributed by atoms with van der Waals surface area (Å²) >= 11 is 0. The summed E-state index contributed by atoms with van der Waals surface area (Å²) < 4.78 is 12.0. The van der Waals surface area contributed by atoms with Gasteiger partial charge in [0.05, 0.1) is 18.8 Å². The van der Waals surface area contributed by atoms with E-state index in [1.165, 1.54) is 32.1 Å². The summed E-state index contributed by atoms with van der Waals surface area (Å²) in [7, 11) is 0. The third kappa shape index (κ3) is 5.22. The number of hydrogen-bond acceptors (Lipinski definition) is 3. The average Bonchev–Trinajstić information content (AvgIpc) is 2.97. The Bertz CT molecular complexity index is 290. The summed E-state index contributed by atoms with van der Waals surface area (Å²) in [5, 5.41) is 3.62. The lowest BCUT2D eigenvalue weighted by Crippen LogP contribution is -2.48. The van der Waals surface area contributed by atoms with E-state index in [-0.39, 0.29) is 5.60 Å². The molecule has 3 nitrogen and oxygen atoms in total. The van der Waals surface area contributed by atoms with E-state index in [1.807, 2.05) is 0 Å². The van der Waals surface area contributed by atoms with Gasteiger partial charge in [-0.2, -0.15) is 0 Å². The van der Waals surface area contributed by atoms with Crippen LogP contribution in [0.2, 0.25) is 0 Å². The fourth-order valence-corrected chi connectivity index (χ4v) is 3.60. The van der Waals surface area contributed by atoms with Crippen molar-refractivity contribution in [1.29, 1.82) is 0 Å². The maximum Gasteiger partial charge on any atom is 0.0806 e. The van der Waals surface area contributed by atoms with E-state index in [4.69, 9.17) is 9.47 Å². The van der Waals surface area contributed by atoms with Gasteiger partial charge in [0.2, 0.25) is 0 Å². The van der Waals surface area contributed by atoms with Crippen molar-refractivity contribution in [2.45, 2.75) is 71.4 Å². The number of ether oxygens (including phenoxy) is 2. The van der Waals surface area contributed by atoms with Crippen molar-refractivity contribution in [2.24, 2.45) is 17.8 Å². The van der Waals surface area contributed by atoms with Crippen LogP contribution in [-0.4, -0.2) is 38.0 Å². The SMILES string of the molecule is CC(C)NCC1(OCC2CCOC2)CCC(C(C)C)CC1. The minimum absolute atomic E-state index is 0.0677. The Hall–Kier alpha value is -0.120. The van der Waals surface area contributed by atoms with E-state index < -0.39 is 0 Å². The molecule has 0 aromatic rings. The highest BCUT2D eigenvalue weighted by atomic mass is 16.5. The minimum atomic E-state index is 0.0677. The zero-order valence-corrected chi connectivity index (χ0v) is 14.5. The highest BCUT2D eigenvalue weighted by molar-refractivity contribution is 4.91. The molecular weight excluding hydrogens is 262 g/mol. The van der Waals surface area contributed by atoms with Crippen molar-refractivity contribution in [3.8, 4) is 0 Å². The van der Waals surface area contributed by atoms with Gasteiger partial charge in [0.25, 0.3) is 0 Å². The molecule has 1 atom stereocenters. The zero-order valence-electron chi connectivity index (χ0n) is 14.5. The Morgan fingerprint density at radius 3 is 2.38 bits per heavy atom. The van der Waals surface area contributed by atoms with Crippen LogP contribution in [0.1, 0.15) is 59.8 Å². The summed E-state index contributed by atoms with van der Waals surface area (Å²) in [6.07, 6.45) is 6.23. The molecule has 0 spiro atoms. The fraction of sp³-hybridized carbons (Fsp3) is 1.00. The van der Waals surface area contributed by atoms with E-state index in [9.17, 15) is 0 Å². The lowest BCUT2D eigenvalue weighted by molar-refractivity contribution is -0.0923. The average molecular weight is 297 g/mol. The summed E-state index contributed by atoms with van der Waals surface area (Å²) in [5.74, 6) is 2.31.